The van der Waals surface area contributed by atoms with E-state index in [1.54, 1.807) is 6.20 Å². The van der Waals surface area contributed by atoms with Gasteiger partial charge in [0.1, 0.15) is 0 Å². The second kappa shape index (κ2) is 5.18. The van der Waals surface area contributed by atoms with E-state index in [0.717, 1.165) is 12.3 Å². The summed E-state index contributed by atoms with van der Waals surface area (Å²) in [6, 6.07) is 0. The SMILES string of the molecule is SCCCCCn1ccnn1. The molecule has 0 unspecified atom stereocenters. The smallest absolute Gasteiger partial charge is 0.0692 e. The average Bonchev–Trinajstić information content (AvgIpc) is 2.50. The highest BCUT2D eigenvalue weighted by Crippen LogP contribution is 1.98. The van der Waals surface area contributed by atoms with Crippen LogP contribution in [-0.2, 0) is 6.54 Å². The van der Waals surface area contributed by atoms with E-state index in [4.69, 9.17) is 0 Å². The number of aromatic nitrogens is 3. The van der Waals surface area contributed by atoms with E-state index in [0.29, 0.717) is 0 Å². The molecule has 0 amide bonds. The maximum Gasteiger partial charge on any atom is 0.0692 e. The molecule has 1 rings (SSSR count). The Morgan fingerprint density at radius 2 is 2.18 bits per heavy atom. The van der Waals surface area contributed by atoms with Crippen LogP contribution in [0.4, 0.5) is 0 Å². The summed E-state index contributed by atoms with van der Waals surface area (Å²) < 4.78 is 1.86. The summed E-state index contributed by atoms with van der Waals surface area (Å²) in [5.74, 6) is 0.983. The predicted octanol–water partition coefficient (Wildman–Crippen LogP) is 1.38. The van der Waals surface area contributed by atoms with Crippen molar-refractivity contribution >= 4 is 12.6 Å². The Labute approximate surface area is 72.2 Å². The summed E-state index contributed by atoms with van der Waals surface area (Å²) >= 11 is 4.13. The zero-order valence-corrected chi connectivity index (χ0v) is 7.37. The molecule has 0 N–H and O–H groups in total. The molecule has 1 heterocycles. The van der Waals surface area contributed by atoms with Gasteiger partial charge in [-0.3, -0.25) is 4.68 Å². The van der Waals surface area contributed by atoms with Crippen LogP contribution < -0.4 is 0 Å². The van der Waals surface area contributed by atoms with Gasteiger partial charge in [-0.2, -0.15) is 12.6 Å². The van der Waals surface area contributed by atoms with Gasteiger partial charge < -0.3 is 0 Å². The zero-order valence-electron chi connectivity index (χ0n) is 6.48. The van der Waals surface area contributed by atoms with Crippen LogP contribution in [0.1, 0.15) is 19.3 Å². The first-order valence-electron chi connectivity index (χ1n) is 3.88. The van der Waals surface area contributed by atoms with Crippen molar-refractivity contribution in [1.82, 2.24) is 15.0 Å². The summed E-state index contributed by atoms with van der Waals surface area (Å²) in [6.45, 7) is 0.980. The third-order valence-electron chi connectivity index (χ3n) is 1.52. The third-order valence-corrected chi connectivity index (χ3v) is 1.83. The van der Waals surface area contributed by atoms with Crippen LogP contribution in [0, 0.1) is 0 Å². The molecule has 0 saturated heterocycles. The molecule has 0 aliphatic heterocycles. The summed E-state index contributed by atoms with van der Waals surface area (Å²) in [4.78, 5) is 0. The zero-order chi connectivity index (χ0) is 7.94. The van der Waals surface area contributed by atoms with Crippen molar-refractivity contribution in [2.45, 2.75) is 25.8 Å². The van der Waals surface area contributed by atoms with Crippen LogP contribution in [0.25, 0.3) is 0 Å². The lowest BCUT2D eigenvalue weighted by Gasteiger charge is -1.97. The van der Waals surface area contributed by atoms with E-state index < -0.39 is 0 Å². The second-order valence-corrected chi connectivity index (χ2v) is 2.90. The molecule has 1 aromatic rings. The maximum atomic E-state index is 4.13. The molecule has 1 aromatic heterocycles. The Hall–Kier alpha value is -0.510. The molecule has 11 heavy (non-hydrogen) atoms. The van der Waals surface area contributed by atoms with Crippen molar-refractivity contribution in [3.05, 3.63) is 12.4 Å². The van der Waals surface area contributed by atoms with Gasteiger partial charge in [-0.15, -0.1) is 5.10 Å². The number of aryl methyl sites for hydroxylation is 1. The van der Waals surface area contributed by atoms with Crippen molar-refractivity contribution < 1.29 is 0 Å². The minimum Gasteiger partial charge on any atom is -0.253 e. The fourth-order valence-corrected chi connectivity index (χ4v) is 1.14. The normalized spacial score (nSPS) is 10.3. The second-order valence-electron chi connectivity index (χ2n) is 2.45. The molecule has 0 aliphatic carbocycles. The van der Waals surface area contributed by atoms with Gasteiger partial charge in [0.2, 0.25) is 0 Å². The summed E-state index contributed by atoms with van der Waals surface area (Å²) in [5.41, 5.74) is 0. The number of thiol groups is 1. The molecule has 0 aromatic carbocycles. The van der Waals surface area contributed by atoms with E-state index in [9.17, 15) is 0 Å². The van der Waals surface area contributed by atoms with Crippen molar-refractivity contribution in [3.8, 4) is 0 Å². The standard InChI is InChI=1S/C7H13N3S/c11-7-3-1-2-5-10-6-4-8-9-10/h4,6,11H,1-3,5,7H2. The highest BCUT2D eigenvalue weighted by Gasteiger charge is 1.90. The van der Waals surface area contributed by atoms with Crippen LogP contribution in [0.2, 0.25) is 0 Å². The maximum absolute atomic E-state index is 4.13. The molecule has 0 radical (unpaired) electrons. The quantitative estimate of drug-likeness (QED) is 0.536. The first-order valence-corrected chi connectivity index (χ1v) is 4.51. The van der Waals surface area contributed by atoms with Crippen molar-refractivity contribution in [2.75, 3.05) is 5.75 Å². The number of nitrogens with zero attached hydrogens (tertiary/aromatic N) is 3. The summed E-state index contributed by atoms with van der Waals surface area (Å²) in [6.07, 6.45) is 7.18. The average molecular weight is 171 g/mol. The van der Waals surface area contributed by atoms with Gasteiger partial charge in [-0.1, -0.05) is 11.6 Å². The van der Waals surface area contributed by atoms with Gasteiger partial charge >= 0.3 is 0 Å². The lowest BCUT2D eigenvalue weighted by Crippen LogP contribution is -1.98. The van der Waals surface area contributed by atoms with Gasteiger partial charge in [-0.25, -0.2) is 0 Å². The molecule has 3 nitrogen and oxygen atoms in total. The molecule has 0 aliphatic rings. The highest BCUT2D eigenvalue weighted by atomic mass is 32.1. The monoisotopic (exact) mass is 171 g/mol. The van der Waals surface area contributed by atoms with Gasteiger partial charge in [0.25, 0.3) is 0 Å². The van der Waals surface area contributed by atoms with E-state index in [-0.39, 0.29) is 0 Å². The van der Waals surface area contributed by atoms with Crippen molar-refractivity contribution in [1.29, 1.82) is 0 Å². The molecule has 0 spiro atoms. The van der Waals surface area contributed by atoms with Crippen LogP contribution >= 0.6 is 12.6 Å². The summed E-state index contributed by atoms with van der Waals surface area (Å²) in [7, 11) is 0. The summed E-state index contributed by atoms with van der Waals surface area (Å²) in [5, 5.41) is 7.58. The lowest BCUT2D eigenvalue weighted by atomic mass is 10.2. The topological polar surface area (TPSA) is 30.7 Å². The van der Waals surface area contributed by atoms with E-state index in [1.807, 2.05) is 10.9 Å². The minimum absolute atomic E-state index is 0.980. The molecular weight excluding hydrogens is 158 g/mol. The largest absolute Gasteiger partial charge is 0.253 e. The third kappa shape index (κ3) is 3.41. The Kier molecular flexibility index (Phi) is 4.04. The first-order chi connectivity index (χ1) is 5.43. The lowest BCUT2D eigenvalue weighted by molar-refractivity contribution is 0.538. The van der Waals surface area contributed by atoms with Crippen molar-refractivity contribution in [3.63, 3.8) is 0 Å². The van der Waals surface area contributed by atoms with E-state index in [2.05, 4.69) is 22.9 Å². The number of hydrogen-bond donors (Lipinski definition) is 1. The van der Waals surface area contributed by atoms with Crippen molar-refractivity contribution in [2.24, 2.45) is 0 Å². The van der Waals surface area contributed by atoms with Crippen LogP contribution in [0.3, 0.4) is 0 Å². The Morgan fingerprint density at radius 1 is 1.27 bits per heavy atom. The molecular formula is C7H13N3S. The van der Waals surface area contributed by atoms with Crippen LogP contribution in [0.15, 0.2) is 12.4 Å². The van der Waals surface area contributed by atoms with Gasteiger partial charge in [0.05, 0.1) is 6.20 Å². The molecule has 4 heteroatoms. The number of unbranched alkanes of at least 4 members (excludes halogenated alkanes) is 2. The first kappa shape index (κ1) is 8.59. The van der Waals surface area contributed by atoms with Gasteiger partial charge in [-0.05, 0) is 18.6 Å². The molecule has 0 atom stereocenters. The highest BCUT2D eigenvalue weighted by molar-refractivity contribution is 7.80. The molecule has 0 saturated carbocycles. The van der Waals surface area contributed by atoms with E-state index in [1.165, 1.54) is 19.3 Å². The predicted molar refractivity (Wildman–Crippen MR) is 47.7 cm³/mol. The van der Waals surface area contributed by atoms with Gasteiger partial charge in [0, 0.05) is 12.7 Å². The minimum atomic E-state index is 0.980. The van der Waals surface area contributed by atoms with Gasteiger partial charge in [0.15, 0.2) is 0 Å². The number of hydrogen-bond acceptors (Lipinski definition) is 3. The Bertz CT molecular complexity index is 174. The number of rotatable bonds is 5. The Balaban J connectivity index is 2.04. The van der Waals surface area contributed by atoms with E-state index >= 15 is 0 Å². The van der Waals surface area contributed by atoms with Crippen LogP contribution in [0.5, 0.6) is 0 Å². The molecule has 0 fully saturated rings. The Morgan fingerprint density at radius 3 is 2.82 bits per heavy atom. The molecule has 0 bridgehead atoms. The molecule has 62 valence electrons. The fourth-order valence-electron chi connectivity index (χ4n) is 0.914. The fraction of sp³-hybridized carbons (Fsp3) is 0.714. The van der Waals surface area contributed by atoms with Crippen LogP contribution in [-0.4, -0.2) is 20.7 Å².